The van der Waals surface area contributed by atoms with Crippen LogP contribution in [0.3, 0.4) is 0 Å². The number of fused-ring (bicyclic) bond motifs is 1. The minimum Gasteiger partial charge on any atom is -0.469 e. The Kier molecular flexibility index (Phi) is 2.01. The Bertz CT molecular complexity index is 289. The van der Waals surface area contributed by atoms with Gasteiger partial charge in [-0.05, 0) is 12.8 Å². The number of hydrogen-bond donors (Lipinski definition) is 0. The Morgan fingerprint density at radius 2 is 2.36 bits per heavy atom. The van der Waals surface area contributed by atoms with Gasteiger partial charge in [0.05, 0.1) is 12.5 Å². The van der Waals surface area contributed by atoms with Gasteiger partial charge in [0.1, 0.15) is 0 Å². The average molecular weight is 197 g/mol. The fraction of sp³-hybridized carbons (Fsp3) is 0.800. The number of carbonyl (C=O) groups is 2. The van der Waals surface area contributed by atoms with Crippen molar-refractivity contribution in [3.05, 3.63) is 0 Å². The zero-order chi connectivity index (χ0) is 10.3. The Morgan fingerprint density at radius 1 is 1.64 bits per heavy atom. The lowest BCUT2D eigenvalue weighted by molar-refractivity contribution is -0.153. The maximum absolute atomic E-state index is 11.7. The third kappa shape index (κ3) is 0.996. The standard InChI is InChI=1S/C10H15NO3/c1-11-7-4-3-5-10(7,6-8(11)12)9(13)14-2/h7H,3-6H2,1-2H3. The van der Waals surface area contributed by atoms with E-state index in [2.05, 4.69) is 0 Å². The summed E-state index contributed by atoms with van der Waals surface area (Å²) < 4.78 is 4.82. The second-order valence-electron chi connectivity index (χ2n) is 4.24. The van der Waals surface area contributed by atoms with Crippen molar-refractivity contribution < 1.29 is 14.3 Å². The number of ether oxygens (including phenoxy) is 1. The van der Waals surface area contributed by atoms with Gasteiger partial charge in [0.15, 0.2) is 0 Å². The van der Waals surface area contributed by atoms with Crippen molar-refractivity contribution in [3.63, 3.8) is 0 Å². The van der Waals surface area contributed by atoms with E-state index < -0.39 is 5.41 Å². The second kappa shape index (κ2) is 2.97. The SMILES string of the molecule is COC(=O)C12CCCC1N(C)C(=O)C2. The summed E-state index contributed by atoms with van der Waals surface area (Å²) in [5, 5.41) is 0. The Labute approximate surface area is 83.2 Å². The van der Waals surface area contributed by atoms with Crippen LogP contribution in [0.15, 0.2) is 0 Å². The van der Waals surface area contributed by atoms with E-state index in [4.69, 9.17) is 4.74 Å². The van der Waals surface area contributed by atoms with E-state index in [1.54, 1.807) is 11.9 Å². The fourth-order valence-electron chi connectivity index (χ4n) is 2.91. The average Bonchev–Trinajstić information content (AvgIpc) is 2.68. The number of methoxy groups -OCH3 is 1. The van der Waals surface area contributed by atoms with Gasteiger partial charge >= 0.3 is 5.97 Å². The minimum absolute atomic E-state index is 0.0695. The Balaban J connectivity index is 2.33. The molecule has 0 spiro atoms. The van der Waals surface area contributed by atoms with Gasteiger partial charge < -0.3 is 9.64 Å². The number of rotatable bonds is 1. The van der Waals surface area contributed by atoms with Crippen LogP contribution in [-0.2, 0) is 14.3 Å². The van der Waals surface area contributed by atoms with Crippen molar-refractivity contribution in [1.82, 2.24) is 4.90 Å². The molecule has 1 aliphatic carbocycles. The molecule has 1 saturated heterocycles. The summed E-state index contributed by atoms with van der Waals surface area (Å²) in [4.78, 5) is 25.0. The first-order valence-corrected chi connectivity index (χ1v) is 4.96. The third-order valence-corrected chi connectivity index (χ3v) is 3.66. The Morgan fingerprint density at radius 3 is 3.00 bits per heavy atom. The number of carbonyl (C=O) groups excluding carboxylic acids is 2. The maximum Gasteiger partial charge on any atom is 0.314 e. The van der Waals surface area contributed by atoms with Gasteiger partial charge in [-0.15, -0.1) is 0 Å². The molecule has 0 aromatic heterocycles. The van der Waals surface area contributed by atoms with Gasteiger partial charge in [-0.2, -0.15) is 0 Å². The summed E-state index contributed by atoms with van der Waals surface area (Å²) >= 11 is 0. The highest BCUT2D eigenvalue weighted by Gasteiger charge is 2.58. The molecule has 4 nitrogen and oxygen atoms in total. The molecule has 1 amide bonds. The van der Waals surface area contributed by atoms with Crippen molar-refractivity contribution in [2.75, 3.05) is 14.2 Å². The highest BCUT2D eigenvalue weighted by atomic mass is 16.5. The zero-order valence-corrected chi connectivity index (χ0v) is 8.58. The predicted octanol–water partition coefficient (Wildman–Crippen LogP) is 0.560. The van der Waals surface area contributed by atoms with Crippen molar-refractivity contribution in [2.45, 2.75) is 31.7 Å². The van der Waals surface area contributed by atoms with E-state index in [1.807, 2.05) is 0 Å². The molecular formula is C10H15NO3. The third-order valence-electron chi connectivity index (χ3n) is 3.66. The van der Waals surface area contributed by atoms with Gasteiger partial charge in [0, 0.05) is 19.5 Å². The van der Waals surface area contributed by atoms with E-state index in [0.29, 0.717) is 6.42 Å². The number of hydrogen-bond acceptors (Lipinski definition) is 3. The Hall–Kier alpha value is -1.06. The first-order valence-electron chi connectivity index (χ1n) is 4.96. The van der Waals surface area contributed by atoms with Crippen molar-refractivity contribution >= 4 is 11.9 Å². The highest BCUT2D eigenvalue weighted by Crippen LogP contribution is 2.49. The van der Waals surface area contributed by atoms with Gasteiger partial charge in [-0.1, -0.05) is 6.42 Å². The molecule has 0 bridgehead atoms. The maximum atomic E-state index is 11.7. The normalized spacial score (nSPS) is 36.0. The van der Waals surface area contributed by atoms with Crippen LogP contribution in [0.5, 0.6) is 0 Å². The van der Waals surface area contributed by atoms with Gasteiger partial charge in [0.2, 0.25) is 5.91 Å². The molecule has 0 N–H and O–H groups in total. The lowest BCUT2D eigenvalue weighted by atomic mass is 9.82. The summed E-state index contributed by atoms with van der Waals surface area (Å²) in [5.74, 6) is -0.141. The zero-order valence-electron chi connectivity index (χ0n) is 8.58. The first-order chi connectivity index (χ1) is 6.62. The summed E-state index contributed by atoms with van der Waals surface area (Å²) in [6, 6.07) is 0.0717. The van der Waals surface area contributed by atoms with Gasteiger partial charge in [-0.25, -0.2) is 0 Å². The smallest absolute Gasteiger partial charge is 0.314 e. The number of likely N-dealkylation sites (tertiary alicyclic amines) is 1. The van der Waals surface area contributed by atoms with E-state index in [1.165, 1.54) is 7.11 Å². The van der Waals surface area contributed by atoms with Gasteiger partial charge in [-0.3, -0.25) is 9.59 Å². The van der Waals surface area contributed by atoms with Crippen LogP contribution in [0.1, 0.15) is 25.7 Å². The molecule has 2 aliphatic rings. The van der Waals surface area contributed by atoms with Crippen molar-refractivity contribution in [1.29, 1.82) is 0 Å². The predicted molar refractivity (Wildman–Crippen MR) is 49.5 cm³/mol. The molecule has 2 fully saturated rings. The van der Waals surface area contributed by atoms with Crippen LogP contribution in [-0.4, -0.2) is 37.0 Å². The summed E-state index contributed by atoms with van der Waals surface area (Å²) in [7, 11) is 3.18. The largest absolute Gasteiger partial charge is 0.469 e. The van der Waals surface area contributed by atoms with Gasteiger partial charge in [0.25, 0.3) is 0 Å². The topological polar surface area (TPSA) is 46.6 Å². The van der Waals surface area contributed by atoms with Crippen LogP contribution in [0.4, 0.5) is 0 Å². The molecule has 4 heteroatoms. The summed E-state index contributed by atoms with van der Waals surface area (Å²) in [6.45, 7) is 0. The van der Waals surface area contributed by atoms with E-state index in [9.17, 15) is 9.59 Å². The van der Waals surface area contributed by atoms with Crippen LogP contribution in [0, 0.1) is 5.41 Å². The van der Waals surface area contributed by atoms with Crippen LogP contribution in [0.25, 0.3) is 0 Å². The number of amides is 1. The molecule has 0 aromatic rings. The van der Waals surface area contributed by atoms with E-state index in [0.717, 1.165) is 19.3 Å². The highest BCUT2D eigenvalue weighted by molar-refractivity contribution is 5.91. The molecule has 1 saturated carbocycles. The van der Waals surface area contributed by atoms with Crippen molar-refractivity contribution in [2.24, 2.45) is 5.41 Å². The van der Waals surface area contributed by atoms with Crippen LogP contribution < -0.4 is 0 Å². The molecule has 0 radical (unpaired) electrons. The van der Waals surface area contributed by atoms with Crippen molar-refractivity contribution in [3.8, 4) is 0 Å². The second-order valence-corrected chi connectivity index (χ2v) is 4.24. The molecule has 2 atom stereocenters. The fourth-order valence-corrected chi connectivity index (χ4v) is 2.91. The first kappa shape index (κ1) is 9.49. The molecule has 1 aliphatic heterocycles. The minimum atomic E-state index is -0.527. The summed E-state index contributed by atoms with van der Waals surface area (Å²) in [6.07, 6.45) is 3.07. The monoisotopic (exact) mass is 197 g/mol. The molecule has 2 unspecified atom stereocenters. The van der Waals surface area contributed by atoms with E-state index >= 15 is 0 Å². The lowest BCUT2D eigenvalue weighted by Crippen LogP contribution is -2.40. The molecular weight excluding hydrogens is 182 g/mol. The van der Waals surface area contributed by atoms with Crippen LogP contribution >= 0.6 is 0 Å². The number of esters is 1. The van der Waals surface area contributed by atoms with Crippen LogP contribution in [0.2, 0.25) is 0 Å². The molecule has 1 heterocycles. The lowest BCUT2D eigenvalue weighted by Gasteiger charge is -2.27. The molecule has 78 valence electrons. The quantitative estimate of drug-likeness (QED) is 0.577. The summed E-state index contributed by atoms with van der Waals surface area (Å²) in [5.41, 5.74) is -0.527. The molecule has 2 rings (SSSR count). The number of nitrogens with zero attached hydrogens (tertiary/aromatic N) is 1. The van der Waals surface area contributed by atoms with E-state index in [-0.39, 0.29) is 17.9 Å². The molecule has 14 heavy (non-hydrogen) atoms. The molecule has 0 aromatic carbocycles.